The lowest BCUT2D eigenvalue weighted by Crippen LogP contribution is -2.33. The van der Waals surface area contributed by atoms with Crippen molar-refractivity contribution in [3.8, 4) is 0 Å². The van der Waals surface area contributed by atoms with Crippen LogP contribution in [0.5, 0.6) is 0 Å². The predicted octanol–water partition coefficient (Wildman–Crippen LogP) is 0.678. The van der Waals surface area contributed by atoms with Gasteiger partial charge in [0.1, 0.15) is 6.04 Å². The molecule has 2 atom stereocenters. The van der Waals surface area contributed by atoms with Crippen molar-refractivity contribution in [2.75, 3.05) is 0 Å². The van der Waals surface area contributed by atoms with E-state index in [1.54, 1.807) is 0 Å². The van der Waals surface area contributed by atoms with E-state index in [2.05, 4.69) is 11.3 Å². The molecule has 0 bridgehead atoms. The largest absolute Gasteiger partial charge is 0.480 e. The summed E-state index contributed by atoms with van der Waals surface area (Å²) in [6, 6.07) is -1.08. The van der Waals surface area contributed by atoms with Gasteiger partial charge in [0, 0.05) is 0 Å². The van der Waals surface area contributed by atoms with Crippen LogP contribution in [0.4, 0.5) is 0 Å². The van der Waals surface area contributed by atoms with Gasteiger partial charge in [-0.15, -0.1) is 0 Å². The van der Waals surface area contributed by atoms with Crippen LogP contribution in [0, 0.1) is 5.92 Å². The number of ether oxygens (including phenoxy) is 1. The molecule has 1 unspecified atom stereocenters. The van der Waals surface area contributed by atoms with Crippen LogP contribution in [0.2, 0.25) is 0 Å². The summed E-state index contributed by atoms with van der Waals surface area (Å²) in [5, 5.41) is 8.23. The summed E-state index contributed by atoms with van der Waals surface area (Å²) in [7, 11) is 0. The SMILES string of the molecule is C=C(Cl)OC(=O)C(C)C[C@@H](N)C(=O)O. The van der Waals surface area contributed by atoms with Crippen LogP contribution < -0.4 is 5.73 Å². The first-order valence-electron chi connectivity index (χ1n) is 3.89. The number of esters is 1. The van der Waals surface area contributed by atoms with Crippen LogP contribution in [0.25, 0.3) is 0 Å². The second-order valence-electron chi connectivity index (χ2n) is 2.86. The standard InChI is InChI=1S/C8H12ClNO4/c1-4(3-6(10)7(11)12)8(13)14-5(2)9/h4,6H,2-3,10H2,1H3,(H,11,12)/t4?,6-/m1/s1. The highest BCUT2D eigenvalue weighted by Gasteiger charge is 2.22. The Morgan fingerprint density at radius 1 is 1.64 bits per heavy atom. The van der Waals surface area contributed by atoms with Crippen molar-refractivity contribution in [1.82, 2.24) is 0 Å². The topological polar surface area (TPSA) is 89.6 Å². The molecule has 0 aliphatic heterocycles. The van der Waals surface area contributed by atoms with E-state index >= 15 is 0 Å². The Labute approximate surface area is 86.5 Å². The molecule has 0 fully saturated rings. The number of carbonyl (C=O) groups is 2. The van der Waals surface area contributed by atoms with Crippen LogP contribution in [0.1, 0.15) is 13.3 Å². The summed E-state index contributed by atoms with van der Waals surface area (Å²) >= 11 is 5.23. The number of carboxylic acids is 1. The van der Waals surface area contributed by atoms with Gasteiger partial charge in [0.15, 0.2) is 5.22 Å². The molecule has 0 aromatic carbocycles. The molecule has 0 aromatic rings. The molecule has 3 N–H and O–H groups in total. The van der Waals surface area contributed by atoms with E-state index in [0.29, 0.717) is 0 Å². The Hall–Kier alpha value is -1.07. The molecule has 80 valence electrons. The molecule has 5 nitrogen and oxygen atoms in total. The van der Waals surface area contributed by atoms with E-state index in [1.165, 1.54) is 6.92 Å². The van der Waals surface area contributed by atoms with E-state index in [1.807, 2.05) is 0 Å². The van der Waals surface area contributed by atoms with Crippen LogP contribution in [-0.2, 0) is 14.3 Å². The molecule has 0 radical (unpaired) electrons. The molecule has 0 saturated heterocycles. The third kappa shape index (κ3) is 4.84. The quantitative estimate of drug-likeness (QED) is 0.526. The summed E-state index contributed by atoms with van der Waals surface area (Å²) in [6.45, 7) is 4.67. The number of hydrogen-bond acceptors (Lipinski definition) is 4. The summed E-state index contributed by atoms with van der Waals surface area (Å²) in [6.07, 6.45) is -0.00165. The van der Waals surface area contributed by atoms with Crippen LogP contribution in [0.3, 0.4) is 0 Å². The summed E-state index contributed by atoms with van der Waals surface area (Å²) in [4.78, 5) is 21.5. The Morgan fingerprint density at radius 3 is 2.50 bits per heavy atom. The smallest absolute Gasteiger partial charge is 0.320 e. The highest BCUT2D eigenvalue weighted by atomic mass is 35.5. The van der Waals surface area contributed by atoms with Crippen molar-refractivity contribution >= 4 is 23.5 Å². The van der Waals surface area contributed by atoms with E-state index < -0.39 is 23.9 Å². The minimum atomic E-state index is -1.16. The number of carbonyl (C=O) groups excluding carboxylic acids is 1. The molecule has 0 aliphatic rings. The molecular weight excluding hydrogens is 210 g/mol. The van der Waals surface area contributed by atoms with E-state index in [4.69, 9.17) is 22.4 Å². The van der Waals surface area contributed by atoms with Crippen molar-refractivity contribution in [2.45, 2.75) is 19.4 Å². The highest BCUT2D eigenvalue weighted by Crippen LogP contribution is 2.11. The number of aliphatic carboxylic acids is 1. The third-order valence-corrected chi connectivity index (χ3v) is 1.62. The van der Waals surface area contributed by atoms with Crippen LogP contribution in [-0.4, -0.2) is 23.1 Å². The zero-order valence-corrected chi connectivity index (χ0v) is 8.45. The lowest BCUT2D eigenvalue weighted by molar-refractivity contribution is -0.144. The fourth-order valence-corrected chi connectivity index (χ4v) is 0.864. The van der Waals surface area contributed by atoms with E-state index in [9.17, 15) is 9.59 Å². The maximum absolute atomic E-state index is 11.1. The van der Waals surface area contributed by atoms with Crippen molar-refractivity contribution in [3.63, 3.8) is 0 Å². The number of halogens is 1. The summed E-state index contributed by atoms with van der Waals surface area (Å²) in [5.74, 6) is -2.42. The van der Waals surface area contributed by atoms with Crippen LogP contribution in [0.15, 0.2) is 11.8 Å². The molecule has 6 heteroatoms. The summed E-state index contributed by atoms with van der Waals surface area (Å²) in [5.41, 5.74) is 5.22. The van der Waals surface area contributed by atoms with Crippen LogP contribution >= 0.6 is 11.6 Å². The zero-order valence-electron chi connectivity index (χ0n) is 7.70. The van der Waals surface area contributed by atoms with Gasteiger partial charge in [0.05, 0.1) is 5.92 Å². The van der Waals surface area contributed by atoms with Gasteiger partial charge in [-0.3, -0.25) is 9.59 Å². The van der Waals surface area contributed by atoms with Gasteiger partial charge in [-0.1, -0.05) is 6.92 Å². The second-order valence-corrected chi connectivity index (χ2v) is 3.28. The minimum absolute atomic E-state index is 0.00165. The van der Waals surface area contributed by atoms with Crippen molar-refractivity contribution in [3.05, 3.63) is 11.8 Å². The van der Waals surface area contributed by atoms with Gasteiger partial charge in [-0.05, 0) is 24.6 Å². The first kappa shape index (κ1) is 12.9. The first-order chi connectivity index (χ1) is 6.34. The van der Waals surface area contributed by atoms with Crippen molar-refractivity contribution in [2.24, 2.45) is 11.7 Å². The normalized spacial score (nSPS) is 14.2. The Kier molecular flexibility index (Phi) is 5.19. The predicted molar refractivity (Wildman–Crippen MR) is 50.5 cm³/mol. The third-order valence-electron chi connectivity index (χ3n) is 1.54. The fraction of sp³-hybridized carbons (Fsp3) is 0.500. The molecule has 0 amide bonds. The number of nitrogens with two attached hydrogens (primary N) is 1. The fourth-order valence-electron chi connectivity index (χ4n) is 0.788. The Morgan fingerprint density at radius 2 is 2.14 bits per heavy atom. The summed E-state index contributed by atoms with van der Waals surface area (Å²) < 4.78 is 4.48. The van der Waals surface area contributed by atoms with Gasteiger partial charge in [-0.25, -0.2) is 0 Å². The van der Waals surface area contributed by atoms with Gasteiger partial charge < -0.3 is 15.6 Å². The lowest BCUT2D eigenvalue weighted by atomic mass is 10.0. The number of hydrogen-bond donors (Lipinski definition) is 2. The molecule has 0 saturated carbocycles. The molecular formula is C8H12ClNO4. The average molecular weight is 222 g/mol. The van der Waals surface area contributed by atoms with E-state index in [-0.39, 0.29) is 11.6 Å². The van der Waals surface area contributed by atoms with Gasteiger partial charge >= 0.3 is 11.9 Å². The van der Waals surface area contributed by atoms with Gasteiger partial charge in [-0.2, -0.15) is 0 Å². The van der Waals surface area contributed by atoms with Crippen molar-refractivity contribution in [1.29, 1.82) is 0 Å². The maximum Gasteiger partial charge on any atom is 0.320 e. The Bertz CT molecular complexity index is 254. The van der Waals surface area contributed by atoms with Gasteiger partial charge in [0.2, 0.25) is 0 Å². The average Bonchev–Trinajstić information content (AvgIpc) is 2.02. The molecule has 0 aliphatic carbocycles. The number of carboxylic acid groups (broad SMARTS) is 1. The Balaban J connectivity index is 4.07. The zero-order chi connectivity index (χ0) is 11.3. The first-order valence-corrected chi connectivity index (χ1v) is 4.27. The molecule has 0 spiro atoms. The minimum Gasteiger partial charge on any atom is -0.480 e. The highest BCUT2D eigenvalue weighted by molar-refractivity contribution is 6.28. The monoisotopic (exact) mass is 221 g/mol. The van der Waals surface area contributed by atoms with Gasteiger partial charge in [0.25, 0.3) is 0 Å². The maximum atomic E-state index is 11.1. The van der Waals surface area contributed by atoms with Crippen molar-refractivity contribution < 1.29 is 19.4 Å². The molecule has 0 heterocycles. The number of rotatable bonds is 5. The molecule has 14 heavy (non-hydrogen) atoms. The van der Waals surface area contributed by atoms with E-state index in [0.717, 1.165) is 0 Å². The second kappa shape index (κ2) is 5.62. The lowest BCUT2D eigenvalue weighted by Gasteiger charge is -2.12. The molecule has 0 aromatic heterocycles. The molecule has 0 rings (SSSR count).